The minimum absolute atomic E-state index is 0.0656. The minimum atomic E-state index is -0.415. The van der Waals surface area contributed by atoms with Gasteiger partial charge >= 0.3 is 6.09 Å². The second-order valence-corrected chi connectivity index (χ2v) is 7.23. The van der Waals surface area contributed by atoms with Crippen LogP contribution in [0.2, 0.25) is 0 Å². The molecule has 4 nitrogen and oxygen atoms in total. The molecular formula is C23H29NO3. The lowest BCUT2D eigenvalue weighted by Gasteiger charge is -2.23. The van der Waals surface area contributed by atoms with Gasteiger partial charge < -0.3 is 15.2 Å². The second-order valence-electron chi connectivity index (χ2n) is 7.23. The zero-order valence-corrected chi connectivity index (χ0v) is 16.2. The van der Waals surface area contributed by atoms with Gasteiger partial charge in [-0.2, -0.15) is 0 Å². The number of rotatable bonds is 8. The Balaban J connectivity index is 1.61. The van der Waals surface area contributed by atoms with Crippen LogP contribution in [-0.2, 0) is 4.74 Å². The van der Waals surface area contributed by atoms with E-state index in [4.69, 9.17) is 4.74 Å². The molecule has 2 aromatic rings. The third-order valence-corrected chi connectivity index (χ3v) is 5.80. The highest BCUT2D eigenvalue weighted by atomic mass is 16.5. The maximum absolute atomic E-state index is 12.2. The number of fused-ring (bicyclic) bond motifs is 3. The Hall–Kier alpha value is -2.33. The number of alkyl carbamates (subject to hydrolysis) is 1. The van der Waals surface area contributed by atoms with Crippen molar-refractivity contribution in [2.45, 2.75) is 32.6 Å². The molecule has 0 aromatic heterocycles. The highest BCUT2D eigenvalue weighted by Gasteiger charge is 2.29. The normalized spacial score (nSPS) is 13.9. The number of amides is 1. The average molecular weight is 367 g/mol. The Morgan fingerprint density at radius 2 is 1.56 bits per heavy atom. The van der Waals surface area contributed by atoms with E-state index in [0.717, 1.165) is 12.8 Å². The van der Waals surface area contributed by atoms with Crippen molar-refractivity contribution in [3.8, 4) is 11.1 Å². The molecule has 2 N–H and O–H groups in total. The van der Waals surface area contributed by atoms with Crippen molar-refractivity contribution in [2.75, 3.05) is 19.8 Å². The van der Waals surface area contributed by atoms with Gasteiger partial charge in [-0.1, -0.05) is 75.2 Å². The number of nitrogens with one attached hydrogen (secondary N) is 1. The summed E-state index contributed by atoms with van der Waals surface area (Å²) in [4.78, 5) is 12.2. The third-order valence-electron chi connectivity index (χ3n) is 5.80. The van der Waals surface area contributed by atoms with Crippen molar-refractivity contribution in [3.05, 3.63) is 59.7 Å². The number of hydrogen-bond donors (Lipinski definition) is 2. The molecule has 0 saturated carbocycles. The molecule has 1 atom stereocenters. The zero-order chi connectivity index (χ0) is 19.2. The summed E-state index contributed by atoms with van der Waals surface area (Å²) in [6.07, 6.45) is 1.57. The quantitative estimate of drug-likeness (QED) is 0.718. The molecule has 144 valence electrons. The molecule has 0 aliphatic heterocycles. The van der Waals surface area contributed by atoms with E-state index in [-0.39, 0.29) is 18.4 Å². The van der Waals surface area contributed by atoms with Crippen molar-refractivity contribution >= 4 is 6.09 Å². The van der Waals surface area contributed by atoms with Crippen LogP contribution in [0, 0.1) is 11.8 Å². The monoisotopic (exact) mass is 367 g/mol. The Labute approximate surface area is 161 Å². The number of carbonyl (C=O) groups is 1. The lowest BCUT2D eigenvalue weighted by atomic mass is 9.88. The average Bonchev–Trinajstić information content (AvgIpc) is 3.03. The van der Waals surface area contributed by atoms with E-state index in [2.05, 4.69) is 43.4 Å². The summed E-state index contributed by atoms with van der Waals surface area (Å²) in [7, 11) is 0. The molecule has 0 spiro atoms. The Bertz CT molecular complexity index is 724. The molecule has 0 radical (unpaired) electrons. The molecule has 27 heavy (non-hydrogen) atoms. The molecule has 1 aliphatic rings. The Morgan fingerprint density at radius 1 is 1.00 bits per heavy atom. The number of benzene rings is 2. The lowest BCUT2D eigenvalue weighted by Crippen LogP contribution is -2.35. The first kappa shape index (κ1) is 19.4. The van der Waals surface area contributed by atoms with Crippen LogP contribution in [0.4, 0.5) is 4.79 Å². The van der Waals surface area contributed by atoms with Crippen molar-refractivity contribution in [1.29, 1.82) is 0 Å². The maximum Gasteiger partial charge on any atom is 0.407 e. The van der Waals surface area contributed by atoms with E-state index in [1.54, 1.807) is 0 Å². The summed E-state index contributed by atoms with van der Waals surface area (Å²) in [5.41, 5.74) is 4.85. The first-order valence-corrected chi connectivity index (χ1v) is 9.89. The van der Waals surface area contributed by atoms with Gasteiger partial charge in [-0.25, -0.2) is 4.79 Å². The van der Waals surface area contributed by atoms with E-state index >= 15 is 0 Å². The summed E-state index contributed by atoms with van der Waals surface area (Å²) < 4.78 is 5.55. The van der Waals surface area contributed by atoms with Crippen LogP contribution in [0.15, 0.2) is 48.5 Å². The first-order valence-electron chi connectivity index (χ1n) is 9.89. The topological polar surface area (TPSA) is 58.6 Å². The minimum Gasteiger partial charge on any atom is -0.449 e. The molecule has 1 unspecified atom stereocenters. The van der Waals surface area contributed by atoms with Gasteiger partial charge in [0.2, 0.25) is 0 Å². The standard InChI is InChI=1S/C23H29NO3/c1-3-16(4-2)17(14-25)13-24-23(26)27-15-22-20-11-7-5-9-18(20)19-10-6-8-12-21(19)22/h5-12,16-17,22,25H,3-4,13-15H2,1-2H3,(H,24,26). The van der Waals surface area contributed by atoms with Gasteiger partial charge in [0.15, 0.2) is 0 Å². The fourth-order valence-electron chi connectivity index (χ4n) is 4.20. The summed E-state index contributed by atoms with van der Waals surface area (Å²) in [5.74, 6) is 0.542. The summed E-state index contributed by atoms with van der Waals surface area (Å²) in [6.45, 7) is 5.07. The fourth-order valence-corrected chi connectivity index (χ4v) is 4.20. The van der Waals surface area contributed by atoms with E-state index in [1.807, 2.05) is 24.3 Å². The van der Waals surface area contributed by atoms with Gasteiger partial charge in [-0.05, 0) is 28.2 Å². The third kappa shape index (κ3) is 4.16. The van der Waals surface area contributed by atoms with E-state index in [9.17, 15) is 9.90 Å². The van der Waals surface area contributed by atoms with Crippen molar-refractivity contribution < 1.29 is 14.6 Å². The number of aliphatic hydroxyl groups excluding tert-OH is 1. The molecule has 4 heteroatoms. The molecule has 0 saturated heterocycles. The molecule has 2 aromatic carbocycles. The van der Waals surface area contributed by atoms with Crippen molar-refractivity contribution in [3.63, 3.8) is 0 Å². The smallest absolute Gasteiger partial charge is 0.407 e. The molecule has 1 aliphatic carbocycles. The van der Waals surface area contributed by atoms with Crippen LogP contribution in [0.1, 0.15) is 43.7 Å². The molecule has 1 amide bonds. The van der Waals surface area contributed by atoms with Crippen LogP contribution >= 0.6 is 0 Å². The van der Waals surface area contributed by atoms with Gasteiger partial charge in [-0.3, -0.25) is 0 Å². The number of hydrogen-bond acceptors (Lipinski definition) is 3. The SMILES string of the molecule is CCC(CC)C(CO)CNC(=O)OCC1c2ccccc2-c2ccccc21. The number of carbonyl (C=O) groups excluding carboxylic acids is 1. The molecule has 3 rings (SSSR count). The van der Waals surface area contributed by atoms with Crippen molar-refractivity contribution in [2.24, 2.45) is 11.8 Å². The Morgan fingerprint density at radius 3 is 2.07 bits per heavy atom. The molecule has 0 bridgehead atoms. The number of ether oxygens (including phenoxy) is 1. The highest BCUT2D eigenvalue weighted by molar-refractivity contribution is 5.79. The van der Waals surface area contributed by atoms with Gasteiger partial charge in [-0.15, -0.1) is 0 Å². The maximum atomic E-state index is 12.2. The lowest BCUT2D eigenvalue weighted by molar-refractivity contribution is 0.130. The van der Waals surface area contributed by atoms with Crippen LogP contribution in [0.25, 0.3) is 11.1 Å². The summed E-state index contributed by atoms with van der Waals surface area (Å²) in [5, 5.41) is 12.4. The van der Waals surface area contributed by atoms with Gasteiger partial charge in [0, 0.05) is 25.0 Å². The predicted octanol–water partition coefficient (Wildman–Crippen LogP) is 4.57. The van der Waals surface area contributed by atoms with Gasteiger partial charge in [0.1, 0.15) is 6.61 Å². The van der Waals surface area contributed by atoms with Gasteiger partial charge in [0.25, 0.3) is 0 Å². The molecular weight excluding hydrogens is 338 g/mol. The largest absolute Gasteiger partial charge is 0.449 e. The van der Waals surface area contributed by atoms with E-state index in [0.29, 0.717) is 19.1 Å². The van der Waals surface area contributed by atoms with Gasteiger partial charge in [0.05, 0.1) is 0 Å². The zero-order valence-electron chi connectivity index (χ0n) is 16.2. The number of aliphatic hydroxyl groups is 1. The molecule has 0 heterocycles. The van der Waals surface area contributed by atoms with Crippen LogP contribution < -0.4 is 5.32 Å². The summed E-state index contributed by atoms with van der Waals surface area (Å²) in [6, 6.07) is 16.6. The van der Waals surface area contributed by atoms with E-state index in [1.165, 1.54) is 22.3 Å². The summed E-state index contributed by atoms with van der Waals surface area (Å²) >= 11 is 0. The van der Waals surface area contributed by atoms with E-state index < -0.39 is 6.09 Å². The second kappa shape index (κ2) is 9.05. The Kier molecular flexibility index (Phi) is 6.51. The first-order chi connectivity index (χ1) is 13.2. The predicted molar refractivity (Wildman–Crippen MR) is 108 cm³/mol. The fraction of sp³-hybridized carbons (Fsp3) is 0.435. The highest BCUT2D eigenvalue weighted by Crippen LogP contribution is 2.44. The van der Waals surface area contributed by atoms with Crippen molar-refractivity contribution in [1.82, 2.24) is 5.32 Å². The van der Waals surface area contributed by atoms with Crippen LogP contribution in [-0.4, -0.2) is 31.0 Å². The van der Waals surface area contributed by atoms with Crippen LogP contribution in [0.5, 0.6) is 0 Å². The van der Waals surface area contributed by atoms with Crippen LogP contribution in [0.3, 0.4) is 0 Å². The molecule has 0 fully saturated rings.